The molecule has 1 atom stereocenters. The average Bonchev–Trinajstić information content (AvgIpc) is 2.86. The van der Waals surface area contributed by atoms with Gasteiger partial charge >= 0.3 is 11.9 Å². The smallest absolute Gasteiger partial charge is 0.341 e. The van der Waals surface area contributed by atoms with Gasteiger partial charge in [-0.25, -0.2) is 14.0 Å². The van der Waals surface area contributed by atoms with Crippen molar-refractivity contribution in [1.29, 1.82) is 0 Å². The Labute approximate surface area is 212 Å². The number of aromatic nitrogens is 1. The summed E-state index contributed by atoms with van der Waals surface area (Å²) in [6, 6.07) is 2.19. The quantitative estimate of drug-likeness (QED) is 0.394. The van der Waals surface area contributed by atoms with Gasteiger partial charge in [0.25, 0.3) is 0 Å². The van der Waals surface area contributed by atoms with Crippen molar-refractivity contribution in [3.8, 4) is 0 Å². The number of thiocarbonyl (C=S) groups is 1. The van der Waals surface area contributed by atoms with E-state index in [0.717, 1.165) is 11.8 Å². The van der Waals surface area contributed by atoms with E-state index in [1.54, 1.807) is 22.4 Å². The second-order valence-corrected chi connectivity index (χ2v) is 9.44. The third-order valence-electron chi connectivity index (χ3n) is 6.02. The van der Waals surface area contributed by atoms with E-state index in [1.165, 1.54) is 13.3 Å². The van der Waals surface area contributed by atoms with Gasteiger partial charge in [-0.05, 0) is 49.7 Å². The van der Waals surface area contributed by atoms with E-state index >= 15 is 4.39 Å². The number of hydrogen-bond donors (Lipinski definition) is 2. The number of ether oxygens (including phenoxy) is 1. The molecular formula is C23H29FN4O5S2. The topological polar surface area (TPSA) is 104 Å². The van der Waals surface area contributed by atoms with Crippen molar-refractivity contribution in [1.82, 2.24) is 14.8 Å². The molecule has 3 rings (SSSR count). The van der Waals surface area contributed by atoms with Crippen LogP contribution >= 0.6 is 24.0 Å². The highest BCUT2D eigenvalue weighted by Gasteiger charge is 2.26. The molecule has 1 aliphatic rings. The van der Waals surface area contributed by atoms with Crippen molar-refractivity contribution in [2.24, 2.45) is 0 Å². The summed E-state index contributed by atoms with van der Waals surface area (Å²) < 4.78 is 21.6. The molecule has 0 spiro atoms. The van der Waals surface area contributed by atoms with Gasteiger partial charge in [-0.15, -0.1) is 0 Å². The van der Waals surface area contributed by atoms with E-state index in [1.807, 2.05) is 23.0 Å². The molecule has 2 heterocycles. The predicted octanol–water partition coefficient (Wildman–Crippen LogP) is 2.15. The number of piperazine rings is 1. The molecule has 0 radical (unpaired) electrons. The number of carbonyl (C=O) groups excluding carboxylic acids is 1. The lowest BCUT2D eigenvalue weighted by Gasteiger charge is -2.38. The van der Waals surface area contributed by atoms with Gasteiger partial charge in [0.2, 0.25) is 5.43 Å². The Morgan fingerprint density at radius 1 is 1.29 bits per heavy atom. The van der Waals surface area contributed by atoms with Crippen molar-refractivity contribution in [3.05, 3.63) is 39.9 Å². The van der Waals surface area contributed by atoms with Crippen LogP contribution in [0.2, 0.25) is 0 Å². The number of rotatable bonds is 8. The van der Waals surface area contributed by atoms with E-state index in [2.05, 4.69) is 5.32 Å². The molecule has 1 aliphatic heterocycles. The number of thioether (sulfide) groups is 1. The number of methoxy groups -OCH3 is 1. The van der Waals surface area contributed by atoms with Crippen LogP contribution in [0.4, 0.5) is 10.1 Å². The Morgan fingerprint density at radius 3 is 2.54 bits per heavy atom. The largest absolute Gasteiger partial charge is 0.477 e. The zero-order chi connectivity index (χ0) is 25.7. The van der Waals surface area contributed by atoms with Gasteiger partial charge < -0.3 is 29.5 Å². The highest BCUT2D eigenvalue weighted by atomic mass is 32.2. The normalized spacial score (nSPS) is 14.6. The molecule has 9 nitrogen and oxygen atoms in total. The van der Waals surface area contributed by atoms with Crippen molar-refractivity contribution in [2.75, 3.05) is 50.2 Å². The van der Waals surface area contributed by atoms with Gasteiger partial charge in [-0.2, -0.15) is 11.8 Å². The number of halogens is 1. The standard InChI is InChI=1S/C23H29FN4O5S2/c1-4-26-13-15(21(30)31)20(29)14-11-16(24)19(12-18(14)26)27-6-8-28(9-7-27)23(34)25-17(5-10-35-3)22(32)33-2/h11-13,17H,4-10H2,1-3H3,(H,25,34)(H,30,31)/t17-/m1/s1. The maximum absolute atomic E-state index is 15.1. The number of hydrogen-bond acceptors (Lipinski definition) is 7. The number of nitrogens with zero attached hydrogens (tertiary/aromatic N) is 3. The molecule has 0 saturated carbocycles. The summed E-state index contributed by atoms with van der Waals surface area (Å²) in [5.41, 5.74) is -0.268. The zero-order valence-corrected chi connectivity index (χ0v) is 21.5. The maximum Gasteiger partial charge on any atom is 0.341 e. The molecule has 1 saturated heterocycles. The van der Waals surface area contributed by atoms with Crippen LogP contribution in [0.5, 0.6) is 0 Å². The summed E-state index contributed by atoms with van der Waals surface area (Å²) in [6.45, 7) is 4.22. The molecule has 0 amide bonds. The van der Waals surface area contributed by atoms with Gasteiger partial charge in [0, 0.05) is 44.3 Å². The first-order chi connectivity index (χ1) is 16.7. The minimum atomic E-state index is -1.34. The molecule has 12 heteroatoms. The first-order valence-electron chi connectivity index (χ1n) is 11.2. The number of anilines is 1. The fraction of sp³-hybridized carbons (Fsp3) is 0.478. The molecule has 1 fully saturated rings. The van der Waals surface area contributed by atoms with Crippen LogP contribution in [0.25, 0.3) is 10.9 Å². The van der Waals surface area contributed by atoms with Gasteiger partial charge in [-0.3, -0.25) is 4.79 Å². The molecular weight excluding hydrogens is 495 g/mol. The van der Waals surface area contributed by atoms with Gasteiger partial charge in [-0.1, -0.05) is 0 Å². The van der Waals surface area contributed by atoms with E-state index < -0.39 is 23.3 Å². The Morgan fingerprint density at radius 2 is 1.97 bits per heavy atom. The van der Waals surface area contributed by atoms with Crippen LogP contribution < -0.4 is 15.6 Å². The molecule has 190 valence electrons. The van der Waals surface area contributed by atoms with Crippen LogP contribution in [0.1, 0.15) is 23.7 Å². The number of fused-ring (bicyclic) bond motifs is 1. The second-order valence-electron chi connectivity index (χ2n) is 8.06. The Hall–Kier alpha value is -2.86. The third kappa shape index (κ3) is 5.87. The number of carbonyl (C=O) groups is 2. The number of benzene rings is 1. The maximum atomic E-state index is 15.1. The monoisotopic (exact) mass is 524 g/mol. The summed E-state index contributed by atoms with van der Waals surface area (Å²) in [7, 11) is 1.34. The minimum absolute atomic E-state index is 0.0381. The van der Waals surface area contributed by atoms with E-state index in [-0.39, 0.29) is 16.9 Å². The van der Waals surface area contributed by atoms with Crippen molar-refractivity contribution < 1.29 is 23.8 Å². The van der Waals surface area contributed by atoms with Crippen LogP contribution in [-0.4, -0.2) is 83.0 Å². The third-order valence-corrected chi connectivity index (χ3v) is 7.04. The lowest BCUT2D eigenvalue weighted by atomic mass is 10.1. The average molecular weight is 525 g/mol. The summed E-state index contributed by atoms with van der Waals surface area (Å²) in [4.78, 5) is 39.9. The Bertz CT molecular complexity index is 1180. The molecule has 0 bridgehead atoms. The van der Waals surface area contributed by atoms with Crippen LogP contribution in [0.15, 0.2) is 23.1 Å². The number of carboxylic acid groups (broad SMARTS) is 1. The Balaban J connectivity index is 1.77. The summed E-state index contributed by atoms with van der Waals surface area (Å²) in [5, 5.41) is 12.9. The first-order valence-corrected chi connectivity index (χ1v) is 13.0. The summed E-state index contributed by atoms with van der Waals surface area (Å²) in [6.07, 6.45) is 3.84. The van der Waals surface area contributed by atoms with Crippen molar-refractivity contribution in [3.63, 3.8) is 0 Å². The second kappa shape index (κ2) is 11.7. The summed E-state index contributed by atoms with van der Waals surface area (Å²) in [5.74, 6) is -1.52. The van der Waals surface area contributed by atoms with Crippen LogP contribution in [0.3, 0.4) is 0 Å². The fourth-order valence-electron chi connectivity index (χ4n) is 4.07. The number of aryl methyl sites for hydroxylation is 1. The summed E-state index contributed by atoms with van der Waals surface area (Å²) >= 11 is 7.14. The fourth-order valence-corrected chi connectivity index (χ4v) is 4.87. The SMILES string of the molecule is CCn1cc(C(=O)O)c(=O)c2cc(F)c(N3CCN(C(=S)N[C@H](CCSC)C(=O)OC)CC3)cc21. The minimum Gasteiger partial charge on any atom is -0.477 e. The van der Waals surface area contributed by atoms with Crippen molar-refractivity contribution in [2.45, 2.75) is 25.9 Å². The lowest BCUT2D eigenvalue weighted by Crippen LogP contribution is -2.55. The number of pyridine rings is 1. The molecule has 2 N–H and O–H groups in total. The van der Waals surface area contributed by atoms with Crippen LogP contribution in [0, 0.1) is 5.82 Å². The predicted molar refractivity (Wildman–Crippen MR) is 139 cm³/mol. The first kappa shape index (κ1) is 26.7. The highest BCUT2D eigenvalue weighted by molar-refractivity contribution is 7.98. The molecule has 35 heavy (non-hydrogen) atoms. The molecule has 0 unspecified atom stereocenters. The Kier molecular flexibility index (Phi) is 8.95. The molecule has 2 aromatic rings. The van der Waals surface area contributed by atoms with E-state index in [0.29, 0.717) is 55.5 Å². The number of nitrogens with one attached hydrogen (secondary N) is 1. The number of esters is 1. The lowest BCUT2D eigenvalue weighted by molar-refractivity contribution is -0.142. The highest BCUT2D eigenvalue weighted by Crippen LogP contribution is 2.26. The van der Waals surface area contributed by atoms with Gasteiger partial charge in [0.05, 0.1) is 18.3 Å². The molecule has 1 aromatic carbocycles. The van der Waals surface area contributed by atoms with Crippen molar-refractivity contribution >= 4 is 57.6 Å². The van der Waals surface area contributed by atoms with Gasteiger partial charge in [0.1, 0.15) is 17.4 Å². The van der Waals surface area contributed by atoms with Gasteiger partial charge in [0.15, 0.2) is 5.11 Å². The molecule has 0 aliphatic carbocycles. The van der Waals surface area contributed by atoms with Crippen LogP contribution in [-0.2, 0) is 16.1 Å². The number of carboxylic acids is 1. The van der Waals surface area contributed by atoms with E-state index in [4.69, 9.17) is 17.0 Å². The number of aromatic carboxylic acids is 1. The zero-order valence-electron chi connectivity index (χ0n) is 19.9. The molecule has 1 aromatic heterocycles. The van der Waals surface area contributed by atoms with E-state index in [9.17, 15) is 19.5 Å².